The summed E-state index contributed by atoms with van der Waals surface area (Å²) in [5.74, 6) is 0.637. The van der Waals surface area contributed by atoms with Gasteiger partial charge in [0, 0.05) is 19.3 Å². The molecule has 6 nitrogen and oxygen atoms in total. The maximum absolute atomic E-state index is 12.3. The van der Waals surface area contributed by atoms with Crippen LogP contribution in [0.3, 0.4) is 0 Å². The minimum Gasteiger partial charge on any atom is -0.394 e. The molecule has 0 saturated carbocycles. The number of hydrogen-bond acceptors (Lipinski definition) is 5. The van der Waals surface area contributed by atoms with Gasteiger partial charge in [0.15, 0.2) is 0 Å². The van der Waals surface area contributed by atoms with Crippen molar-refractivity contribution in [3.05, 3.63) is 23.9 Å². The number of hydrogen-bond donors (Lipinski definition) is 2. The number of anilines is 1. The van der Waals surface area contributed by atoms with Crippen molar-refractivity contribution in [2.45, 2.75) is 13.0 Å². The average molecular weight is 265 g/mol. The second-order valence-corrected chi connectivity index (χ2v) is 4.37. The van der Waals surface area contributed by atoms with Crippen LogP contribution >= 0.6 is 0 Å². The molecule has 1 saturated heterocycles. The van der Waals surface area contributed by atoms with Gasteiger partial charge in [-0.25, -0.2) is 4.98 Å². The monoisotopic (exact) mass is 265 g/mol. The lowest BCUT2D eigenvalue weighted by Gasteiger charge is -2.34. The zero-order valence-electron chi connectivity index (χ0n) is 11.0. The van der Waals surface area contributed by atoms with Crippen molar-refractivity contribution in [2.75, 3.05) is 38.2 Å². The Morgan fingerprint density at radius 3 is 3.11 bits per heavy atom. The molecule has 1 unspecified atom stereocenters. The molecule has 0 spiro atoms. The third-order valence-electron chi connectivity index (χ3n) is 3.07. The van der Waals surface area contributed by atoms with Crippen LogP contribution in [0.2, 0.25) is 0 Å². The largest absolute Gasteiger partial charge is 0.394 e. The van der Waals surface area contributed by atoms with Crippen LogP contribution < -0.4 is 5.32 Å². The first-order chi connectivity index (χ1) is 9.26. The maximum Gasteiger partial charge on any atom is 0.255 e. The fourth-order valence-corrected chi connectivity index (χ4v) is 2.05. The van der Waals surface area contributed by atoms with Gasteiger partial charge in [-0.3, -0.25) is 4.79 Å². The van der Waals surface area contributed by atoms with E-state index in [1.165, 1.54) is 0 Å². The van der Waals surface area contributed by atoms with Gasteiger partial charge < -0.3 is 20.1 Å². The Labute approximate surface area is 112 Å². The molecular weight excluding hydrogens is 246 g/mol. The molecule has 2 heterocycles. The number of aliphatic hydroxyl groups excluding tert-OH is 1. The van der Waals surface area contributed by atoms with E-state index in [2.05, 4.69) is 10.3 Å². The first-order valence-electron chi connectivity index (χ1n) is 6.45. The quantitative estimate of drug-likeness (QED) is 0.821. The van der Waals surface area contributed by atoms with Gasteiger partial charge in [-0.05, 0) is 19.1 Å². The summed E-state index contributed by atoms with van der Waals surface area (Å²) >= 11 is 0. The van der Waals surface area contributed by atoms with E-state index in [1.54, 1.807) is 23.2 Å². The van der Waals surface area contributed by atoms with Crippen molar-refractivity contribution in [1.29, 1.82) is 0 Å². The fourth-order valence-electron chi connectivity index (χ4n) is 2.05. The molecule has 2 rings (SSSR count). The lowest BCUT2D eigenvalue weighted by atomic mass is 10.2. The molecule has 6 heteroatoms. The van der Waals surface area contributed by atoms with Gasteiger partial charge in [0.2, 0.25) is 0 Å². The molecule has 1 atom stereocenters. The topological polar surface area (TPSA) is 74.7 Å². The Morgan fingerprint density at radius 1 is 1.63 bits per heavy atom. The van der Waals surface area contributed by atoms with E-state index in [4.69, 9.17) is 4.74 Å². The van der Waals surface area contributed by atoms with Crippen LogP contribution in [0.5, 0.6) is 0 Å². The minimum absolute atomic E-state index is 0.0886. The summed E-state index contributed by atoms with van der Waals surface area (Å²) in [6, 6.07) is 3.26. The standard InChI is InChI=1S/C13H19N3O3/c1-2-14-12-4-3-10(7-15-12)13(18)16-5-6-19-9-11(16)8-17/h3-4,7,11,17H,2,5-6,8-9H2,1H3,(H,14,15). The summed E-state index contributed by atoms with van der Waals surface area (Å²) in [6.07, 6.45) is 1.56. The highest BCUT2D eigenvalue weighted by atomic mass is 16.5. The van der Waals surface area contributed by atoms with Crippen molar-refractivity contribution in [3.8, 4) is 0 Å². The first-order valence-corrected chi connectivity index (χ1v) is 6.45. The molecule has 1 amide bonds. The maximum atomic E-state index is 12.3. The summed E-state index contributed by atoms with van der Waals surface area (Å²) in [6.45, 7) is 4.07. The van der Waals surface area contributed by atoms with Crippen LogP contribution in [-0.4, -0.2) is 59.8 Å². The van der Waals surface area contributed by atoms with Gasteiger partial charge in [0.1, 0.15) is 5.82 Å². The number of ether oxygens (including phenoxy) is 1. The van der Waals surface area contributed by atoms with Crippen LogP contribution in [-0.2, 0) is 4.74 Å². The molecule has 0 bridgehead atoms. The zero-order valence-corrected chi connectivity index (χ0v) is 11.0. The number of aromatic nitrogens is 1. The molecule has 19 heavy (non-hydrogen) atoms. The summed E-state index contributed by atoms with van der Waals surface area (Å²) in [4.78, 5) is 18.2. The molecule has 0 radical (unpaired) electrons. The third kappa shape index (κ3) is 3.21. The first kappa shape index (κ1) is 13.8. The van der Waals surface area contributed by atoms with Crippen molar-refractivity contribution in [2.24, 2.45) is 0 Å². The number of aliphatic hydroxyl groups is 1. The Bertz CT molecular complexity index is 422. The number of carbonyl (C=O) groups is 1. The number of pyridine rings is 1. The van der Waals surface area contributed by atoms with E-state index >= 15 is 0 Å². The van der Waals surface area contributed by atoms with Gasteiger partial charge >= 0.3 is 0 Å². The van der Waals surface area contributed by atoms with Crippen molar-refractivity contribution in [3.63, 3.8) is 0 Å². The third-order valence-corrected chi connectivity index (χ3v) is 3.07. The zero-order chi connectivity index (χ0) is 13.7. The van der Waals surface area contributed by atoms with Crippen molar-refractivity contribution < 1.29 is 14.6 Å². The van der Waals surface area contributed by atoms with E-state index in [-0.39, 0.29) is 18.6 Å². The molecule has 0 aromatic carbocycles. The number of amides is 1. The number of morpholine rings is 1. The van der Waals surface area contributed by atoms with Crippen LogP contribution in [0.25, 0.3) is 0 Å². The molecule has 2 N–H and O–H groups in total. The Morgan fingerprint density at radius 2 is 2.47 bits per heavy atom. The van der Waals surface area contributed by atoms with Crippen LogP contribution in [0.1, 0.15) is 17.3 Å². The van der Waals surface area contributed by atoms with Gasteiger partial charge in [-0.2, -0.15) is 0 Å². The molecule has 1 aliphatic rings. The van der Waals surface area contributed by atoms with Gasteiger partial charge in [0.25, 0.3) is 5.91 Å². The van der Waals surface area contributed by atoms with E-state index in [0.29, 0.717) is 25.3 Å². The molecular formula is C13H19N3O3. The number of carbonyl (C=O) groups excluding carboxylic acids is 1. The Balaban J connectivity index is 2.09. The molecule has 104 valence electrons. The van der Waals surface area contributed by atoms with Crippen molar-refractivity contribution >= 4 is 11.7 Å². The highest BCUT2D eigenvalue weighted by molar-refractivity contribution is 5.94. The normalized spacial score (nSPS) is 19.3. The SMILES string of the molecule is CCNc1ccc(C(=O)N2CCOCC2CO)cn1. The number of nitrogens with one attached hydrogen (secondary N) is 1. The Kier molecular flexibility index (Phi) is 4.70. The van der Waals surface area contributed by atoms with Crippen LogP contribution in [0, 0.1) is 0 Å². The minimum atomic E-state index is -0.269. The molecule has 1 aromatic heterocycles. The summed E-state index contributed by atoms with van der Waals surface area (Å²) in [5.41, 5.74) is 0.530. The van der Waals surface area contributed by atoms with E-state index < -0.39 is 0 Å². The fraction of sp³-hybridized carbons (Fsp3) is 0.538. The predicted octanol–water partition coefficient (Wildman–Crippen LogP) is 0.347. The van der Waals surface area contributed by atoms with E-state index in [1.807, 2.05) is 6.92 Å². The predicted molar refractivity (Wildman–Crippen MR) is 71.1 cm³/mol. The summed E-state index contributed by atoms with van der Waals surface area (Å²) in [7, 11) is 0. The van der Waals surface area contributed by atoms with E-state index in [0.717, 1.165) is 12.4 Å². The molecule has 0 aliphatic carbocycles. The second-order valence-electron chi connectivity index (χ2n) is 4.37. The second kappa shape index (κ2) is 6.49. The van der Waals surface area contributed by atoms with E-state index in [9.17, 15) is 9.90 Å². The molecule has 1 aromatic rings. The summed E-state index contributed by atoms with van der Waals surface area (Å²) < 4.78 is 5.26. The smallest absolute Gasteiger partial charge is 0.255 e. The Hall–Kier alpha value is -1.66. The number of nitrogens with zero attached hydrogens (tertiary/aromatic N) is 2. The molecule has 1 fully saturated rings. The van der Waals surface area contributed by atoms with Gasteiger partial charge in [-0.1, -0.05) is 0 Å². The lowest BCUT2D eigenvalue weighted by Crippen LogP contribution is -2.50. The van der Waals surface area contributed by atoms with Gasteiger partial charge in [-0.15, -0.1) is 0 Å². The number of rotatable bonds is 4. The van der Waals surface area contributed by atoms with Gasteiger partial charge in [0.05, 0.1) is 31.4 Å². The summed E-state index contributed by atoms with van der Waals surface area (Å²) in [5, 5.41) is 12.3. The average Bonchev–Trinajstić information content (AvgIpc) is 2.47. The van der Waals surface area contributed by atoms with Crippen molar-refractivity contribution in [1.82, 2.24) is 9.88 Å². The van der Waals surface area contributed by atoms with Crippen LogP contribution in [0.15, 0.2) is 18.3 Å². The highest BCUT2D eigenvalue weighted by Crippen LogP contribution is 2.13. The molecule has 1 aliphatic heterocycles. The lowest BCUT2D eigenvalue weighted by molar-refractivity contribution is -0.0184. The highest BCUT2D eigenvalue weighted by Gasteiger charge is 2.27. The van der Waals surface area contributed by atoms with Crippen LogP contribution in [0.4, 0.5) is 5.82 Å².